The van der Waals surface area contributed by atoms with Crippen molar-refractivity contribution in [3.63, 3.8) is 0 Å². The number of hydrogen-bond acceptors (Lipinski definition) is 2. The molecule has 0 aliphatic heterocycles. The summed E-state index contributed by atoms with van der Waals surface area (Å²) in [5, 5.41) is 0. The van der Waals surface area contributed by atoms with E-state index in [-0.39, 0.29) is 0 Å². The van der Waals surface area contributed by atoms with E-state index in [1.54, 1.807) is 0 Å². The van der Waals surface area contributed by atoms with Crippen LogP contribution in [0.5, 0.6) is 0 Å². The van der Waals surface area contributed by atoms with Crippen LogP contribution in [0, 0.1) is 13.8 Å². The summed E-state index contributed by atoms with van der Waals surface area (Å²) < 4.78 is 0. The first kappa shape index (κ1) is 34.6. The second kappa shape index (κ2) is 21.6. The molecule has 0 saturated heterocycles. The van der Waals surface area contributed by atoms with Crippen LogP contribution in [-0.4, -0.2) is 29.6 Å². The molecular formula is C34H56N2O. The monoisotopic (exact) mass is 508 g/mol. The Morgan fingerprint density at radius 3 is 2.14 bits per heavy atom. The van der Waals surface area contributed by atoms with E-state index >= 15 is 0 Å². The minimum Gasteiger partial charge on any atom is -0.343 e. The minimum atomic E-state index is 0.341. The Bertz CT molecular complexity index is 900. The topological polar surface area (TPSA) is 32.7 Å². The van der Waals surface area contributed by atoms with Crippen LogP contribution in [0.1, 0.15) is 122 Å². The first-order chi connectivity index (χ1) is 18.0. The van der Waals surface area contributed by atoms with Crippen LogP contribution in [0.2, 0.25) is 0 Å². The third-order valence-electron chi connectivity index (χ3n) is 6.33. The Balaban J connectivity index is 0.00000308. The second-order valence-electron chi connectivity index (χ2n) is 9.28. The Morgan fingerprint density at radius 1 is 0.784 bits per heavy atom. The maximum absolute atomic E-state index is 12.6. The van der Waals surface area contributed by atoms with Crippen molar-refractivity contribution in [2.45, 2.75) is 120 Å². The molecule has 3 nitrogen and oxygen atoms in total. The highest BCUT2D eigenvalue weighted by molar-refractivity contribution is 6.01. The molecule has 0 unspecified atom stereocenters. The Morgan fingerprint density at radius 2 is 1.49 bits per heavy atom. The molecule has 0 spiro atoms. The lowest BCUT2D eigenvalue weighted by Gasteiger charge is -2.22. The molecule has 2 aromatic carbocycles. The average molecular weight is 509 g/mol. The summed E-state index contributed by atoms with van der Waals surface area (Å²) in [4.78, 5) is 19.6. The fraction of sp³-hybridized carbons (Fsp3) is 0.588. The van der Waals surface area contributed by atoms with Crippen molar-refractivity contribution < 1.29 is 4.79 Å². The molecule has 0 fully saturated rings. The van der Waals surface area contributed by atoms with Gasteiger partial charge in [-0.25, -0.2) is 0 Å². The standard InChI is InChI=1S/C30H44N2O.2C2H6/c1-6-8-9-10-18-30(33)32(21-7-2)22-14-13-16-27-20-19-24(3)28(23-27)26(5)31-29-17-12-11-15-25(29)4;2*1-2/h11-12,15,17,19-20,23H,6-10,13-14,16,18,21-22H2,1-5H3;2*1-2H3. The van der Waals surface area contributed by atoms with Gasteiger partial charge in [-0.15, -0.1) is 0 Å². The van der Waals surface area contributed by atoms with Crippen LogP contribution in [0.25, 0.3) is 0 Å². The van der Waals surface area contributed by atoms with E-state index < -0.39 is 0 Å². The first-order valence-corrected chi connectivity index (χ1v) is 14.9. The third kappa shape index (κ3) is 13.6. The fourth-order valence-electron chi connectivity index (χ4n) is 4.27. The minimum absolute atomic E-state index is 0.341. The molecule has 208 valence electrons. The highest BCUT2D eigenvalue weighted by Gasteiger charge is 2.12. The molecule has 2 rings (SSSR count). The number of benzene rings is 2. The van der Waals surface area contributed by atoms with E-state index in [0.717, 1.165) is 56.6 Å². The number of unbranched alkanes of at least 4 members (excludes halogenated alkanes) is 4. The zero-order chi connectivity index (χ0) is 28.1. The van der Waals surface area contributed by atoms with Gasteiger partial charge in [0.2, 0.25) is 5.91 Å². The van der Waals surface area contributed by atoms with E-state index in [9.17, 15) is 4.79 Å². The number of rotatable bonds is 14. The number of aryl methyl sites for hydroxylation is 3. The molecule has 0 N–H and O–H groups in total. The van der Waals surface area contributed by atoms with Crippen molar-refractivity contribution in [3.05, 3.63) is 64.7 Å². The zero-order valence-electron chi connectivity index (χ0n) is 25.6. The van der Waals surface area contributed by atoms with Crippen LogP contribution in [0.3, 0.4) is 0 Å². The van der Waals surface area contributed by atoms with Crippen LogP contribution in [-0.2, 0) is 11.2 Å². The first-order valence-electron chi connectivity index (χ1n) is 14.9. The molecule has 0 saturated carbocycles. The van der Waals surface area contributed by atoms with Gasteiger partial charge in [0.25, 0.3) is 0 Å². The van der Waals surface area contributed by atoms with Crippen molar-refractivity contribution in [1.82, 2.24) is 4.90 Å². The highest BCUT2D eigenvalue weighted by Crippen LogP contribution is 2.21. The maximum atomic E-state index is 12.6. The number of para-hydroxylation sites is 1. The molecule has 0 heterocycles. The van der Waals surface area contributed by atoms with Gasteiger partial charge in [-0.1, -0.05) is 91.1 Å². The second-order valence-corrected chi connectivity index (χ2v) is 9.28. The summed E-state index contributed by atoms with van der Waals surface area (Å²) in [5.41, 5.74) is 7.13. The van der Waals surface area contributed by atoms with E-state index in [2.05, 4.69) is 75.9 Å². The van der Waals surface area contributed by atoms with E-state index in [0.29, 0.717) is 12.3 Å². The number of carbonyl (C=O) groups excluding carboxylic acids is 1. The molecule has 0 radical (unpaired) electrons. The van der Waals surface area contributed by atoms with Gasteiger partial charge in [0.05, 0.1) is 5.69 Å². The maximum Gasteiger partial charge on any atom is 0.222 e. The zero-order valence-corrected chi connectivity index (χ0v) is 25.6. The molecule has 0 aliphatic rings. The van der Waals surface area contributed by atoms with Crippen molar-refractivity contribution in [3.8, 4) is 0 Å². The molecule has 0 aromatic heterocycles. The smallest absolute Gasteiger partial charge is 0.222 e. The molecule has 3 heteroatoms. The third-order valence-corrected chi connectivity index (χ3v) is 6.33. The summed E-state index contributed by atoms with van der Waals surface area (Å²) in [6.45, 7) is 20.5. The molecule has 1 amide bonds. The van der Waals surface area contributed by atoms with Gasteiger partial charge in [-0.2, -0.15) is 0 Å². The van der Waals surface area contributed by atoms with Gasteiger partial charge in [0, 0.05) is 25.2 Å². The van der Waals surface area contributed by atoms with Gasteiger partial charge in [0.15, 0.2) is 0 Å². The molecule has 2 aromatic rings. The lowest BCUT2D eigenvalue weighted by Crippen LogP contribution is -2.32. The Hall–Kier alpha value is -2.42. The highest BCUT2D eigenvalue weighted by atomic mass is 16.2. The predicted octanol–water partition coefficient (Wildman–Crippen LogP) is 10.0. The van der Waals surface area contributed by atoms with Crippen molar-refractivity contribution in [2.75, 3.05) is 13.1 Å². The quantitative estimate of drug-likeness (QED) is 0.184. The van der Waals surface area contributed by atoms with Crippen molar-refractivity contribution in [1.29, 1.82) is 0 Å². The Kier molecular flexibility index (Phi) is 20.2. The van der Waals surface area contributed by atoms with Crippen molar-refractivity contribution >= 4 is 17.3 Å². The summed E-state index contributed by atoms with van der Waals surface area (Å²) in [7, 11) is 0. The summed E-state index contributed by atoms with van der Waals surface area (Å²) in [5.74, 6) is 0.341. The normalized spacial score (nSPS) is 10.7. The van der Waals surface area contributed by atoms with Crippen LogP contribution in [0.15, 0.2) is 47.5 Å². The lowest BCUT2D eigenvalue weighted by molar-refractivity contribution is -0.131. The largest absolute Gasteiger partial charge is 0.343 e. The van der Waals surface area contributed by atoms with E-state index in [4.69, 9.17) is 4.99 Å². The van der Waals surface area contributed by atoms with Crippen LogP contribution >= 0.6 is 0 Å². The van der Waals surface area contributed by atoms with E-state index in [1.807, 2.05) is 33.8 Å². The predicted molar refractivity (Wildman–Crippen MR) is 165 cm³/mol. The molecule has 37 heavy (non-hydrogen) atoms. The fourth-order valence-corrected chi connectivity index (χ4v) is 4.27. The molecular weight excluding hydrogens is 452 g/mol. The molecule has 0 atom stereocenters. The van der Waals surface area contributed by atoms with Gasteiger partial charge in [-0.05, 0) is 87.3 Å². The lowest BCUT2D eigenvalue weighted by atomic mass is 9.98. The van der Waals surface area contributed by atoms with E-state index in [1.165, 1.54) is 41.5 Å². The van der Waals surface area contributed by atoms with Gasteiger partial charge >= 0.3 is 0 Å². The average Bonchev–Trinajstić information content (AvgIpc) is 2.92. The summed E-state index contributed by atoms with van der Waals surface area (Å²) in [6, 6.07) is 15.0. The number of aliphatic imine (C=N–C) groups is 1. The van der Waals surface area contributed by atoms with Crippen LogP contribution < -0.4 is 0 Å². The summed E-state index contributed by atoms with van der Waals surface area (Å²) in [6.07, 6.45) is 9.57. The Labute approximate surface area is 229 Å². The number of nitrogens with zero attached hydrogens (tertiary/aromatic N) is 2. The van der Waals surface area contributed by atoms with Gasteiger partial charge in [0.1, 0.15) is 0 Å². The number of carbonyl (C=O) groups is 1. The van der Waals surface area contributed by atoms with Gasteiger partial charge in [-0.3, -0.25) is 9.79 Å². The SMILES string of the molecule is CC.CC.CCCCCCC(=O)N(CCC)CCCCc1ccc(C)c(C(C)=Nc2ccccc2C)c1. The van der Waals surface area contributed by atoms with Gasteiger partial charge < -0.3 is 4.90 Å². The number of amides is 1. The summed E-state index contributed by atoms with van der Waals surface area (Å²) >= 11 is 0. The number of hydrogen-bond donors (Lipinski definition) is 0. The van der Waals surface area contributed by atoms with Crippen molar-refractivity contribution in [2.24, 2.45) is 4.99 Å². The molecule has 0 bridgehead atoms. The molecule has 0 aliphatic carbocycles. The van der Waals surface area contributed by atoms with Crippen LogP contribution in [0.4, 0.5) is 5.69 Å².